The molecule has 2 unspecified atom stereocenters. The van der Waals surface area contributed by atoms with Gasteiger partial charge in [0, 0.05) is 19.7 Å². The molecule has 94 valence electrons. The molecule has 1 aromatic carbocycles. The van der Waals surface area contributed by atoms with Gasteiger partial charge in [0.05, 0.1) is 6.10 Å². The van der Waals surface area contributed by atoms with E-state index in [4.69, 9.17) is 4.74 Å². The molecule has 0 aromatic heterocycles. The van der Waals surface area contributed by atoms with E-state index in [0.717, 1.165) is 26.1 Å². The van der Waals surface area contributed by atoms with Crippen molar-refractivity contribution < 1.29 is 4.74 Å². The van der Waals surface area contributed by atoms with Crippen LogP contribution in [-0.4, -0.2) is 19.3 Å². The number of hydrogen-bond donors (Lipinski definition) is 1. The molecule has 1 N–H and O–H groups in total. The summed E-state index contributed by atoms with van der Waals surface area (Å²) in [5, 5.41) is 3.56. The molecular weight excluding hydrogens is 210 g/mol. The fourth-order valence-electron chi connectivity index (χ4n) is 2.60. The summed E-state index contributed by atoms with van der Waals surface area (Å²) in [6.45, 7) is 7.33. The summed E-state index contributed by atoms with van der Waals surface area (Å²) in [5.74, 6) is 0.699. The standard InChI is InChI=1S/C15H23NO/c1-3-15-14(7-8-17-15)11-16-10-13-6-4-5-12(2)9-13/h4-6,9,14-16H,3,7-8,10-11H2,1-2H3. The second kappa shape index (κ2) is 6.18. The van der Waals surface area contributed by atoms with E-state index in [9.17, 15) is 0 Å². The van der Waals surface area contributed by atoms with Crippen molar-refractivity contribution in [2.45, 2.75) is 39.3 Å². The lowest BCUT2D eigenvalue weighted by molar-refractivity contribution is 0.0872. The minimum atomic E-state index is 0.472. The third kappa shape index (κ3) is 3.55. The Morgan fingerprint density at radius 2 is 2.29 bits per heavy atom. The highest BCUT2D eigenvalue weighted by molar-refractivity contribution is 5.21. The van der Waals surface area contributed by atoms with Crippen LogP contribution in [0.5, 0.6) is 0 Å². The van der Waals surface area contributed by atoms with Crippen molar-refractivity contribution in [1.29, 1.82) is 0 Å². The van der Waals surface area contributed by atoms with Gasteiger partial charge in [-0.15, -0.1) is 0 Å². The number of hydrogen-bond acceptors (Lipinski definition) is 2. The van der Waals surface area contributed by atoms with Gasteiger partial charge in [-0.3, -0.25) is 0 Å². The third-order valence-corrected chi connectivity index (χ3v) is 3.57. The molecule has 0 spiro atoms. The van der Waals surface area contributed by atoms with E-state index in [1.54, 1.807) is 0 Å². The molecule has 0 aliphatic carbocycles. The Labute approximate surface area is 104 Å². The molecule has 0 radical (unpaired) electrons. The molecule has 0 amide bonds. The summed E-state index contributed by atoms with van der Waals surface area (Å²) in [4.78, 5) is 0. The maximum atomic E-state index is 5.70. The molecule has 1 aliphatic heterocycles. The second-order valence-corrected chi connectivity index (χ2v) is 4.99. The van der Waals surface area contributed by atoms with E-state index in [0.29, 0.717) is 12.0 Å². The van der Waals surface area contributed by atoms with E-state index < -0.39 is 0 Å². The van der Waals surface area contributed by atoms with Gasteiger partial charge in [-0.25, -0.2) is 0 Å². The normalized spacial score (nSPS) is 24.1. The maximum absolute atomic E-state index is 5.70. The van der Waals surface area contributed by atoms with Crippen molar-refractivity contribution in [2.75, 3.05) is 13.2 Å². The van der Waals surface area contributed by atoms with Gasteiger partial charge in [0.2, 0.25) is 0 Å². The smallest absolute Gasteiger partial charge is 0.0613 e. The first-order chi connectivity index (χ1) is 8.29. The van der Waals surface area contributed by atoms with Crippen LogP contribution in [-0.2, 0) is 11.3 Å². The highest BCUT2D eigenvalue weighted by atomic mass is 16.5. The van der Waals surface area contributed by atoms with Crippen molar-refractivity contribution >= 4 is 0 Å². The van der Waals surface area contributed by atoms with E-state index >= 15 is 0 Å². The Bertz CT molecular complexity index is 351. The molecule has 1 aliphatic rings. The van der Waals surface area contributed by atoms with Crippen LogP contribution in [0.1, 0.15) is 30.9 Å². The third-order valence-electron chi connectivity index (χ3n) is 3.57. The van der Waals surface area contributed by atoms with Crippen LogP contribution < -0.4 is 5.32 Å². The Morgan fingerprint density at radius 3 is 3.06 bits per heavy atom. The molecular formula is C15H23NO. The zero-order valence-corrected chi connectivity index (χ0v) is 10.9. The molecule has 0 bridgehead atoms. The Balaban J connectivity index is 1.76. The summed E-state index contributed by atoms with van der Waals surface area (Å²) in [7, 11) is 0. The zero-order chi connectivity index (χ0) is 12.1. The molecule has 1 saturated heterocycles. The summed E-state index contributed by atoms with van der Waals surface area (Å²) in [6, 6.07) is 8.69. The highest BCUT2D eigenvalue weighted by Gasteiger charge is 2.25. The summed E-state index contributed by atoms with van der Waals surface area (Å²) in [6.07, 6.45) is 2.82. The minimum Gasteiger partial charge on any atom is -0.378 e. The lowest BCUT2D eigenvalue weighted by atomic mass is 9.99. The maximum Gasteiger partial charge on any atom is 0.0613 e. The topological polar surface area (TPSA) is 21.3 Å². The Kier molecular flexibility index (Phi) is 4.57. The molecule has 1 heterocycles. The van der Waals surface area contributed by atoms with E-state index in [-0.39, 0.29) is 0 Å². The van der Waals surface area contributed by atoms with Crippen LogP contribution in [0.15, 0.2) is 24.3 Å². The number of ether oxygens (including phenoxy) is 1. The van der Waals surface area contributed by atoms with Crippen LogP contribution in [0.2, 0.25) is 0 Å². The number of aryl methyl sites for hydroxylation is 1. The van der Waals surface area contributed by atoms with Crippen molar-refractivity contribution in [2.24, 2.45) is 5.92 Å². The summed E-state index contributed by atoms with van der Waals surface area (Å²) < 4.78 is 5.70. The van der Waals surface area contributed by atoms with Crippen molar-refractivity contribution in [3.8, 4) is 0 Å². The lowest BCUT2D eigenvalue weighted by Crippen LogP contribution is -2.27. The lowest BCUT2D eigenvalue weighted by Gasteiger charge is -2.17. The van der Waals surface area contributed by atoms with Gasteiger partial charge in [0.1, 0.15) is 0 Å². The minimum absolute atomic E-state index is 0.472. The highest BCUT2D eigenvalue weighted by Crippen LogP contribution is 2.22. The molecule has 2 nitrogen and oxygen atoms in total. The van der Waals surface area contributed by atoms with E-state index in [1.807, 2.05) is 0 Å². The van der Waals surface area contributed by atoms with Crippen LogP contribution in [0.25, 0.3) is 0 Å². The van der Waals surface area contributed by atoms with Gasteiger partial charge in [-0.1, -0.05) is 36.8 Å². The molecule has 1 aromatic rings. The van der Waals surface area contributed by atoms with Gasteiger partial charge in [-0.2, -0.15) is 0 Å². The molecule has 0 saturated carbocycles. The summed E-state index contributed by atoms with van der Waals surface area (Å²) >= 11 is 0. The average molecular weight is 233 g/mol. The molecule has 1 fully saturated rings. The van der Waals surface area contributed by atoms with Gasteiger partial charge in [0.25, 0.3) is 0 Å². The van der Waals surface area contributed by atoms with E-state index in [1.165, 1.54) is 17.5 Å². The van der Waals surface area contributed by atoms with E-state index in [2.05, 4.69) is 43.4 Å². The zero-order valence-electron chi connectivity index (χ0n) is 10.9. The fraction of sp³-hybridized carbons (Fsp3) is 0.600. The van der Waals surface area contributed by atoms with Crippen molar-refractivity contribution in [3.05, 3.63) is 35.4 Å². The largest absolute Gasteiger partial charge is 0.378 e. The molecule has 17 heavy (non-hydrogen) atoms. The predicted molar refractivity (Wildman–Crippen MR) is 71.0 cm³/mol. The van der Waals surface area contributed by atoms with Crippen molar-refractivity contribution in [1.82, 2.24) is 5.32 Å². The number of benzene rings is 1. The number of rotatable bonds is 5. The fourth-order valence-corrected chi connectivity index (χ4v) is 2.60. The van der Waals surface area contributed by atoms with Gasteiger partial charge < -0.3 is 10.1 Å². The Hall–Kier alpha value is -0.860. The van der Waals surface area contributed by atoms with Gasteiger partial charge >= 0.3 is 0 Å². The van der Waals surface area contributed by atoms with Crippen molar-refractivity contribution in [3.63, 3.8) is 0 Å². The molecule has 2 heteroatoms. The quantitative estimate of drug-likeness (QED) is 0.844. The van der Waals surface area contributed by atoms with Crippen LogP contribution in [0.3, 0.4) is 0 Å². The SMILES string of the molecule is CCC1OCCC1CNCc1cccc(C)c1. The predicted octanol–water partition coefficient (Wildman–Crippen LogP) is 2.90. The van der Waals surface area contributed by atoms with Crippen LogP contribution >= 0.6 is 0 Å². The van der Waals surface area contributed by atoms with Gasteiger partial charge in [-0.05, 0) is 31.2 Å². The number of nitrogens with one attached hydrogen (secondary N) is 1. The summed E-state index contributed by atoms with van der Waals surface area (Å²) in [5.41, 5.74) is 2.71. The molecule has 2 rings (SSSR count). The molecule has 2 atom stereocenters. The first kappa shape index (κ1) is 12.6. The first-order valence-corrected chi connectivity index (χ1v) is 6.67. The van der Waals surface area contributed by atoms with Crippen LogP contribution in [0, 0.1) is 12.8 Å². The second-order valence-electron chi connectivity index (χ2n) is 4.99. The van der Waals surface area contributed by atoms with Crippen LogP contribution in [0.4, 0.5) is 0 Å². The Morgan fingerprint density at radius 1 is 1.41 bits per heavy atom. The first-order valence-electron chi connectivity index (χ1n) is 6.67. The average Bonchev–Trinajstić information content (AvgIpc) is 2.77. The monoisotopic (exact) mass is 233 g/mol. The van der Waals surface area contributed by atoms with Gasteiger partial charge in [0.15, 0.2) is 0 Å².